The van der Waals surface area contributed by atoms with E-state index in [9.17, 15) is 13.2 Å². The molecule has 0 spiro atoms. The molecule has 2 aromatic carbocycles. The van der Waals surface area contributed by atoms with Crippen molar-refractivity contribution in [3.63, 3.8) is 0 Å². The smallest absolute Gasteiger partial charge is 0.240 e. The van der Waals surface area contributed by atoms with Crippen molar-refractivity contribution in [2.24, 2.45) is 0 Å². The third-order valence-corrected chi connectivity index (χ3v) is 8.26. The van der Waals surface area contributed by atoms with Gasteiger partial charge in [-0.2, -0.15) is 0 Å². The average molecular weight is 476 g/mol. The number of nitrogens with one attached hydrogen (secondary N) is 1. The van der Waals surface area contributed by atoms with Gasteiger partial charge in [-0.15, -0.1) is 11.3 Å². The first-order valence-electron chi connectivity index (χ1n) is 9.81. The van der Waals surface area contributed by atoms with E-state index in [2.05, 4.69) is 9.71 Å². The fourth-order valence-corrected chi connectivity index (χ4v) is 6.30. The number of hydrogen-bond acceptors (Lipinski definition) is 5. The molecule has 1 aromatic heterocycles. The third kappa shape index (κ3) is 4.25. The van der Waals surface area contributed by atoms with Crippen LogP contribution in [0.2, 0.25) is 5.02 Å². The first-order chi connectivity index (χ1) is 14.7. The van der Waals surface area contributed by atoms with Gasteiger partial charge >= 0.3 is 0 Å². The summed E-state index contributed by atoms with van der Waals surface area (Å²) in [7, 11) is -3.72. The second-order valence-electron chi connectivity index (χ2n) is 7.56. The lowest BCUT2D eigenvalue weighted by atomic mass is 10.1. The molecule has 6 nitrogen and oxygen atoms in total. The van der Waals surface area contributed by atoms with Crippen LogP contribution in [0, 0.1) is 6.92 Å². The lowest BCUT2D eigenvalue weighted by molar-refractivity contribution is -0.116. The molecule has 3 aromatic rings. The highest BCUT2D eigenvalue weighted by molar-refractivity contribution is 7.89. The van der Waals surface area contributed by atoms with Crippen molar-refractivity contribution in [2.75, 3.05) is 4.90 Å². The van der Waals surface area contributed by atoms with Crippen LogP contribution in [0.4, 0.5) is 5.69 Å². The summed E-state index contributed by atoms with van der Waals surface area (Å²) in [5.74, 6) is -0.0463. The summed E-state index contributed by atoms with van der Waals surface area (Å²) in [4.78, 5) is 19.2. The summed E-state index contributed by atoms with van der Waals surface area (Å²) in [5.41, 5.74) is 3.24. The number of sulfonamides is 1. The van der Waals surface area contributed by atoms with Crippen LogP contribution >= 0.6 is 22.9 Å². The molecule has 4 rings (SSSR count). The van der Waals surface area contributed by atoms with Crippen molar-refractivity contribution in [3.05, 3.63) is 63.6 Å². The molecule has 1 N–H and O–H groups in total. The second kappa shape index (κ2) is 8.35. The van der Waals surface area contributed by atoms with Gasteiger partial charge < -0.3 is 4.90 Å². The summed E-state index contributed by atoms with van der Waals surface area (Å²) in [5, 5.41) is 1.36. The van der Waals surface area contributed by atoms with Crippen molar-refractivity contribution in [1.29, 1.82) is 0 Å². The number of nitrogens with zero attached hydrogens (tertiary/aromatic N) is 2. The molecule has 2 heterocycles. The predicted molar refractivity (Wildman–Crippen MR) is 124 cm³/mol. The summed E-state index contributed by atoms with van der Waals surface area (Å²) < 4.78 is 28.5. The molecule has 9 heteroatoms. The van der Waals surface area contributed by atoms with Gasteiger partial charge in [-0.1, -0.05) is 29.8 Å². The van der Waals surface area contributed by atoms with Crippen LogP contribution in [0.15, 0.2) is 47.4 Å². The second-order valence-corrected chi connectivity index (χ2v) is 10.8. The topological polar surface area (TPSA) is 79.4 Å². The Hall–Kier alpha value is -2.26. The lowest BCUT2D eigenvalue weighted by Gasteiger charge is -2.20. The van der Waals surface area contributed by atoms with E-state index in [1.165, 1.54) is 18.3 Å². The molecule has 0 saturated heterocycles. The van der Waals surface area contributed by atoms with Gasteiger partial charge in [0.05, 0.1) is 15.6 Å². The van der Waals surface area contributed by atoms with E-state index >= 15 is 0 Å². The number of rotatable bonds is 5. The largest absolute Gasteiger partial charge is 0.309 e. The van der Waals surface area contributed by atoms with Crippen molar-refractivity contribution < 1.29 is 13.2 Å². The van der Waals surface area contributed by atoms with Crippen LogP contribution in [0.3, 0.4) is 0 Å². The number of amides is 1. The van der Waals surface area contributed by atoms with E-state index in [0.717, 1.165) is 32.4 Å². The number of aryl methyl sites for hydroxylation is 1. The van der Waals surface area contributed by atoms with Crippen LogP contribution in [-0.4, -0.2) is 25.4 Å². The Kier molecular flexibility index (Phi) is 5.91. The Morgan fingerprint density at radius 2 is 2.03 bits per heavy atom. The summed E-state index contributed by atoms with van der Waals surface area (Å²) in [6.45, 7) is 5.47. The molecular weight excluding hydrogens is 454 g/mol. The van der Waals surface area contributed by atoms with Gasteiger partial charge in [-0.05, 0) is 50.1 Å². The van der Waals surface area contributed by atoms with Crippen molar-refractivity contribution in [2.45, 2.75) is 44.7 Å². The number of thiazole rings is 1. The predicted octanol–water partition coefficient (Wildman–Crippen LogP) is 4.55. The van der Waals surface area contributed by atoms with Crippen LogP contribution in [0.25, 0.3) is 10.6 Å². The molecule has 0 aliphatic carbocycles. The molecule has 31 heavy (non-hydrogen) atoms. The molecular formula is C22H22ClN3O3S2. The number of hydrogen-bond donors (Lipinski definition) is 1. The molecule has 0 bridgehead atoms. The highest BCUT2D eigenvalue weighted by Gasteiger charge is 2.30. The van der Waals surface area contributed by atoms with E-state index in [1.807, 2.05) is 32.0 Å². The average Bonchev–Trinajstić information content (AvgIpc) is 3.24. The zero-order valence-corrected chi connectivity index (χ0v) is 19.7. The van der Waals surface area contributed by atoms with Crippen molar-refractivity contribution in [3.8, 4) is 10.6 Å². The van der Waals surface area contributed by atoms with E-state index in [4.69, 9.17) is 11.6 Å². The Morgan fingerprint density at radius 1 is 1.29 bits per heavy atom. The maximum absolute atomic E-state index is 12.9. The molecule has 0 radical (unpaired) electrons. The molecule has 1 aliphatic rings. The van der Waals surface area contributed by atoms with Crippen LogP contribution < -0.4 is 9.62 Å². The van der Waals surface area contributed by atoms with Crippen LogP contribution in [-0.2, 0) is 27.8 Å². The summed E-state index contributed by atoms with van der Waals surface area (Å²) >= 11 is 7.69. The number of fused-ring (bicyclic) bond motifs is 1. The fraction of sp³-hybridized carbons (Fsp3) is 0.273. The van der Waals surface area contributed by atoms with Crippen LogP contribution in [0.1, 0.15) is 30.0 Å². The molecule has 1 unspecified atom stereocenters. The Labute approximate surface area is 190 Å². The maximum atomic E-state index is 12.9. The minimum absolute atomic E-state index is 0.0153. The Bertz CT molecular complexity index is 1270. The maximum Gasteiger partial charge on any atom is 0.240 e. The lowest BCUT2D eigenvalue weighted by Crippen LogP contribution is -2.33. The van der Waals surface area contributed by atoms with E-state index in [0.29, 0.717) is 11.4 Å². The van der Waals surface area contributed by atoms with Gasteiger partial charge in [0.1, 0.15) is 5.01 Å². The van der Waals surface area contributed by atoms with Gasteiger partial charge in [0.25, 0.3) is 0 Å². The number of benzene rings is 2. The molecule has 0 fully saturated rings. The molecule has 1 atom stereocenters. The molecule has 0 saturated carbocycles. The van der Waals surface area contributed by atoms with E-state index < -0.39 is 10.0 Å². The fourth-order valence-electron chi connectivity index (χ4n) is 3.84. The number of anilines is 1. The van der Waals surface area contributed by atoms with Gasteiger partial charge in [0.15, 0.2) is 0 Å². The van der Waals surface area contributed by atoms with Crippen molar-refractivity contribution >= 4 is 44.6 Å². The normalized spacial score (nSPS) is 15.9. The number of halogens is 1. The molecule has 162 valence electrons. The Morgan fingerprint density at radius 3 is 2.74 bits per heavy atom. The SMILES string of the molecule is CC(=O)N1c2ccc(S(=O)(=O)NCc3sc(-c4ccccc4Cl)nc3C)cc2CC1C. The zero-order valence-electron chi connectivity index (χ0n) is 17.3. The number of carbonyl (C=O) groups is 1. The summed E-state index contributed by atoms with van der Waals surface area (Å²) in [6.07, 6.45) is 0.632. The third-order valence-electron chi connectivity index (χ3n) is 5.34. The van der Waals surface area contributed by atoms with Crippen molar-refractivity contribution in [1.82, 2.24) is 9.71 Å². The standard InChI is InChI=1S/C22H22ClN3O3S2/c1-13-10-16-11-17(8-9-20(16)26(13)15(3)27)31(28,29)24-12-21-14(2)25-22(30-21)18-6-4-5-7-19(18)23/h4-9,11,13,24H,10,12H2,1-3H3. The molecule has 1 aliphatic heterocycles. The Balaban J connectivity index is 1.54. The van der Waals surface area contributed by atoms with Gasteiger partial charge in [0.2, 0.25) is 15.9 Å². The first kappa shape index (κ1) is 22.0. The van der Waals surface area contributed by atoms with E-state index in [-0.39, 0.29) is 23.4 Å². The minimum atomic E-state index is -3.72. The minimum Gasteiger partial charge on any atom is -0.309 e. The monoisotopic (exact) mass is 475 g/mol. The van der Waals surface area contributed by atoms with Crippen LogP contribution in [0.5, 0.6) is 0 Å². The zero-order chi connectivity index (χ0) is 22.3. The first-order valence-corrected chi connectivity index (χ1v) is 12.5. The molecule has 1 amide bonds. The van der Waals surface area contributed by atoms with Gasteiger partial charge in [0, 0.05) is 35.6 Å². The van der Waals surface area contributed by atoms with Gasteiger partial charge in [-0.3, -0.25) is 4.79 Å². The number of carbonyl (C=O) groups excluding carboxylic acids is 1. The highest BCUT2D eigenvalue weighted by atomic mass is 35.5. The van der Waals surface area contributed by atoms with Gasteiger partial charge in [-0.25, -0.2) is 18.1 Å². The highest BCUT2D eigenvalue weighted by Crippen LogP contribution is 2.35. The quantitative estimate of drug-likeness (QED) is 0.587. The number of aromatic nitrogens is 1. The van der Waals surface area contributed by atoms with E-state index in [1.54, 1.807) is 29.2 Å². The summed E-state index contributed by atoms with van der Waals surface area (Å²) in [6, 6.07) is 12.4.